The van der Waals surface area contributed by atoms with Crippen molar-refractivity contribution in [1.82, 2.24) is 10.2 Å². The van der Waals surface area contributed by atoms with Crippen molar-refractivity contribution in [1.29, 1.82) is 0 Å². The summed E-state index contributed by atoms with van der Waals surface area (Å²) in [4.78, 5) is 37.9. The molecule has 0 aromatic heterocycles. The van der Waals surface area contributed by atoms with Crippen LogP contribution in [0.4, 0.5) is 4.79 Å². The molecule has 8 nitrogen and oxygen atoms in total. The number of nitrogens with zero attached hydrogens (tertiary/aromatic N) is 1. The summed E-state index contributed by atoms with van der Waals surface area (Å²) < 4.78 is 10.9. The highest BCUT2D eigenvalue weighted by molar-refractivity contribution is 5.82. The molecule has 2 N–H and O–H groups in total. The third-order valence-corrected chi connectivity index (χ3v) is 6.45. The molecule has 1 aliphatic carbocycles. The van der Waals surface area contributed by atoms with E-state index in [1.165, 1.54) is 12.0 Å². The van der Waals surface area contributed by atoms with Crippen LogP contribution in [0.5, 0.6) is 0 Å². The van der Waals surface area contributed by atoms with Crippen molar-refractivity contribution in [2.24, 2.45) is 0 Å². The first kappa shape index (κ1) is 25.9. The average molecular weight is 503 g/mol. The highest BCUT2D eigenvalue weighted by Gasteiger charge is 2.29. The summed E-state index contributed by atoms with van der Waals surface area (Å²) in [6, 6.07) is 25.3. The van der Waals surface area contributed by atoms with Crippen molar-refractivity contribution in [2.75, 3.05) is 26.8 Å². The van der Waals surface area contributed by atoms with Gasteiger partial charge in [-0.1, -0.05) is 78.9 Å². The number of carbonyl (C=O) groups is 3. The van der Waals surface area contributed by atoms with E-state index >= 15 is 0 Å². The fourth-order valence-corrected chi connectivity index (χ4v) is 4.61. The molecular formula is C29H30N2O6. The van der Waals surface area contributed by atoms with E-state index in [1.807, 2.05) is 66.7 Å². The molecule has 0 radical (unpaired) electrons. The Hall–Kier alpha value is -4.17. The second-order valence-electron chi connectivity index (χ2n) is 8.90. The monoisotopic (exact) mass is 502 g/mol. The predicted molar refractivity (Wildman–Crippen MR) is 138 cm³/mol. The summed E-state index contributed by atoms with van der Waals surface area (Å²) in [5, 5.41) is 11.9. The molecule has 0 saturated carbocycles. The van der Waals surface area contributed by atoms with Crippen LogP contribution < -0.4 is 5.32 Å². The second-order valence-corrected chi connectivity index (χ2v) is 8.90. The van der Waals surface area contributed by atoms with Crippen molar-refractivity contribution >= 4 is 18.0 Å². The molecule has 8 heteroatoms. The summed E-state index contributed by atoms with van der Waals surface area (Å²) in [6.07, 6.45) is -1.33. The summed E-state index contributed by atoms with van der Waals surface area (Å²) >= 11 is 0. The lowest BCUT2D eigenvalue weighted by molar-refractivity contribution is -0.146. The van der Waals surface area contributed by atoms with E-state index in [0.29, 0.717) is 0 Å². The van der Waals surface area contributed by atoms with Crippen LogP contribution in [-0.4, -0.2) is 60.9 Å². The van der Waals surface area contributed by atoms with Gasteiger partial charge < -0.3 is 24.8 Å². The van der Waals surface area contributed by atoms with E-state index in [4.69, 9.17) is 9.47 Å². The van der Waals surface area contributed by atoms with Gasteiger partial charge in [0.1, 0.15) is 13.2 Å². The number of methoxy groups -OCH3 is 1. The zero-order chi connectivity index (χ0) is 26.2. The number of aliphatic carboxylic acids is 1. The average Bonchev–Trinajstić information content (AvgIpc) is 3.23. The molecule has 37 heavy (non-hydrogen) atoms. The topological polar surface area (TPSA) is 105 Å². The van der Waals surface area contributed by atoms with Gasteiger partial charge in [-0.25, -0.2) is 4.79 Å². The van der Waals surface area contributed by atoms with Crippen LogP contribution in [0.3, 0.4) is 0 Å². The molecule has 1 unspecified atom stereocenters. The van der Waals surface area contributed by atoms with Gasteiger partial charge in [0.25, 0.3) is 0 Å². The minimum Gasteiger partial charge on any atom is -0.480 e. The van der Waals surface area contributed by atoms with E-state index < -0.39 is 24.7 Å². The zero-order valence-electron chi connectivity index (χ0n) is 20.6. The number of ether oxygens (including phenoxy) is 2. The summed E-state index contributed by atoms with van der Waals surface area (Å²) in [5.74, 6) is -1.54. The molecule has 192 valence electrons. The number of rotatable bonds is 11. The van der Waals surface area contributed by atoms with Gasteiger partial charge in [0.2, 0.25) is 5.91 Å². The lowest BCUT2D eigenvalue weighted by Crippen LogP contribution is -2.40. The minimum absolute atomic E-state index is 0.0468. The first-order valence-electron chi connectivity index (χ1n) is 12.1. The molecule has 1 aliphatic rings. The number of benzene rings is 3. The predicted octanol–water partition coefficient (Wildman–Crippen LogP) is 4.04. The van der Waals surface area contributed by atoms with E-state index in [1.54, 1.807) is 0 Å². The summed E-state index contributed by atoms with van der Waals surface area (Å²) in [7, 11) is 1.44. The van der Waals surface area contributed by atoms with Crippen LogP contribution in [0.2, 0.25) is 0 Å². The van der Waals surface area contributed by atoms with Crippen LogP contribution in [-0.2, 0) is 25.6 Å². The van der Waals surface area contributed by atoms with Crippen molar-refractivity contribution in [2.45, 2.75) is 25.0 Å². The number of alkyl carbamates (subject to hydrolysis) is 1. The molecular weight excluding hydrogens is 472 g/mol. The maximum atomic E-state index is 12.9. The lowest BCUT2D eigenvalue weighted by atomic mass is 9.98. The first-order chi connectivity index (χ1) is 18.0. The number of carbonyl (C=O) groups excluding carboxylic acids is 2. The molecule has 0 bridgehead atoms. The Labute approximate surface area is 215 Å². The van der Waals surface area contributed by atoms with Crippen LogP contribution >= 0.6 is 0 Å². The Kier molecular flexibility index (Phi) is 8.53. The summed E-state index contributed by atoms with van der Waals surface area (Å²) in [5.41, 5.74) is 5.35. The van der Waals surface area contributed by atoms with Crippen molar-refractivity contribution < 1.29 is 29.0 Å². The maximum Gasteiger partial charge on any atom is 0.407 e. The maximum absolute atomic E-state index is 12.9. The molecule has 0 spiro atoms. The number of hydrogen-bond donors (Lipinski definition) is 2. The normalized spacial score (nSPS) is 12.8. The van der Waals surface area contributed by atoms with Crippen LogP contribution in [0, 0.1) is 0 Å². The van der Waals surface area contributed by atoms with E-state index in [0.717, 1.165) is 27.8 Å². The van der Waals surface area contributed by atoms with Gasteiger partial charge in [-0.3, -0.25) is 9.59 Å². The van der Waals surface area contributed by atoms with Gasteiger partial charge in [0, 0.05) is 26.1 Å². The van der Waals surface area contributed by atoms with Crippen LogP contribution in [0.15, 0.2) is 78.9 Å². The SMILES string of the molecule is COC(CNC(=O)OCC1c2ccccc2-c2ccccc21)CC(=O)N(CC(=O)O)Cc1ccccc1. The highest BCUT2D eigenvalue weighted by Crippen LogP contribution is 2.44. The highest BCUT2D eigenvalue weighted by atomic mass is 16.5. The van der Waals surface area contributed by atoms with E-state index in [2.05, 4.69) is 17.4 Å². The zero-order valence-corrected chi connectivity index (χ0v) is 20.6. The van der Waals surface area contributed by atoms with Crippen molar-refractivity contribution in [3.8, 4) is 11.1 Å². The second kappa shape index (κ2) is 12.2. The fourth-order valence-electron chi connectivity index (χ4n) is 4.61. The summed E-state index contributed by atoms with van der Waals surface area (Å²) in [6.45, 7) is -0.0305. The van der Waals surface area contributed by atoms with Gasteiger partial charge >= 0.3 is 12.1 Å². The Morgan fingerprint density at radius 2 is 1.51 bits per heavy atom. The molecule has 0 aliphatic heterocycles. The number of fused-ring (bicyclic) bond motifs is 3. The van der Waals surface area contributed by atoms with Crippen molar-refractivity contribution in [3.05, 3.63) is 95.6 Å². The Morgan fingerprint density at radius 1 is 0.919 bits per heavy atom. The van der Waals surface area contributed by atoms with Crippen molar-refractivity contribution in [3.63, 3.8) is 0 Å². The third kappa shape index (κ3) is 6.54. The van der Waals surface area contributed by atoms with E-state index in [9.17, 15) is 19.5 Å². The molecule has 3 aromatic carbocycles. The van der Waals surface area contributed by atoms with Crippen LogP contribution in [0.25, 0.3) is 11.1 Å². The Balaban J connectivity index is 1.30. The van der Waals surface area contributed by atoms with Gasteiger partial charge in [-0.05, 0) is 27.8 Å². The number of hydrogen-bond acceptors (Lipinski definition) is 5. The smallest absolute Gasteiger partial charge is 0.407 e. The number of nitrogens with one attached hydrogen (secondary N) is 1. The molecule has 3 aromatic rings. The fraction of sp³-hybridized carbons (Fsp3) is 0.276. The Morgan fingerprint density at radius 3 is 2.11 bits per heavy atom. The molecule has 4 rings (SSSR count). The molecule has 1 atom stereocenters. The molecule has 0 fully saturated rings. The van der Waals surface area contributed by atoms with Gasteiger partial charge in [-0.15, -0.1) is 0 Å². The molecule has 0 heterocycles. The van der Waals surface area contributed by atoms with Gasteiger partial charge in [0.15, 0.2) is 0 Å². The standard InChI is InChI=1S/C29H30N2O6/c1-36-21(15-27(32)31(18-28(33)34)17-20-9-3-2-4-10-20)16-30-29(35)37-19-26-24-13-7-5-11-22(24)23-12-6-8-14-25(23)26/h2-14,21,26H,15-19H2,1H3,(H,30,35)(H,33,34). The quantitative estimate of drug-likeness (QED) is 0.410. The third-order valence-electron chi connectivity index (χ3n) is 6.45. The number of amides is 2. The largest absolute Gasteiger partial charge is 0.480 e. The molecule has 2 amide bonds. The molecule has 0 saturated heterocycles. The van der Waals surface area contributed by atoms with Gasteiger partial charge in [0.05, 0.1) is 12.5 Å². The van der Waals surface area contributed by atoms with Gasteiger partial charge in [-0.2, -0.15) is 0 Å². The number of carboxylic acids is 1. The number of carboxylic acid groups (broad SMARTS) is 1. The van der Waals surface area contributed by atoms with Crippen LogP contribution in [0.1, 0.15) is 29.0 Å². The Bertz CT molecular complexity index is 1200. The minimum atomic E-state index is -1.10. The lowest BCUT2D eigenvalue weighted by Gasteiger charge is -2.24. The first-order valence-corrected chi connectivity index (χ1v) is 12.1. The van der Waals surface area contributed by atoms with E-state index in [-0.39, 0.29) is 37.9 Å².